The first-order chi connectivity index (χ1) is 9.65. The fraction of sp³-hybridized carbons (Fsp3) is 0.400. The van der Waals surface area contributed by atoms with Crippen LogP contribution in [0.1, 0.15) is 12.0 Å². The maximum absolute atomic E-state index is 12.8. The molecule has 0 spiro atoms. The van der Waals surface area contributed by atoms with Gasteiger partial charge in [-0.1, -0.05) is 24.3 Å². The topological polar surface area (TPSA) is 49.6 Å². The van der Waals surface area contributed by atoms with Crippen LogP contribution in [0.4, 0.5) is 9.18 Å². The summed E-state index contributed by atoms with van der Waals surface area (Å²) < 4.78 is 12.8. The van der Waals surface area contributed by atoms with E-state index in [-0.39, 0.29) is 11.8 Å². The van der Waals surface area contributed by atoms with Gasteiger partial charge in [-0.15, -0.1) is 0 Å². The summed E-state index contributed by atoms with van der Waals surface area (Å²) in [6, 6.07) is 6.08. The normalized spacial score (nSPS) is 17.4. The van der Waals surface area contributed by atoms with Gasteiger partial charge in [-0.3, -0.25) is 4.90 Å². The molecule has 0 bridgehead atoms. The minimum Gasteiger partial charge on any atom is -0.351 e. The third-order valence-corrected chi connectivity index (χ3v) is 3.44. The van der Waals surface area contributed by atoms with Gasteiger partial charge >= 0.3 is 6.03 Å². The summed E-state index contributed by atoms with van der Waals surface area (Å²) in [7, 11) is 0. The van der Waals surface area contributed by atoms with Gasteiger partial charge in [0.2, 0.25) is 0 Å². The number of halogens is 1. The number of benzene rings is 1. The number of urea groups is 1. The Bertz CT molecular complexity index is 473. The number of amides is 2. The molecule has 0 atom stereocenters. The minimum absolute atomic E-state index is 0.221. The predicted molar refractivity (Wildman–Crippen MR) is 77.6 cm³/mol. The summed E-state index contributed by atoms with van der Waals surface area (Å²) in [4.78, 5) is 15.1. The van der Waals surface area contributed by atoms with Crippen molar-refractivity contribution in [3.05, 3.63) is 41.7 Å². The monoisotopic (exact) mass is 277 g/mol. The first-order valence-corrected chi connectivity index (χ1v) is 6.84. The molecule has 1 aliphatic heterocycles. The molecule has 4 nitrogen and oxygen atoms in total. The second-order valence-corrected chi connectivity index (χ2v) is 4.93. The standard InChI is InChI=1S/C15H20FN3O/c16-14-6-4-13(5-7-14)3-1-8-18-9-2-10-19(12-11-18)15(17)20/h1,3-7H,2,8-12H2,(H2,17,20)/b3-1+. The van der Waals surface area contributed by atoms with E-state index in [1.165, 1.54) is 12.1 Å². The predicted octanol–water partition coefficient (Wildman–Crippen LogP) is 1.93. The van der Waals surface area contributed by atoms with Crippen LogP contribution in [0.3, 0.4) is 0 Å². The SMILES string of the molecule is NC(=O)N1CCCN(C/C=C/c2ccc(F)cc2)CC1. The Morgan fingerprint density at radius 1 is 1.20 bits per heavy atom. The number of primary amides is 1. The van der Waals surface area contributed by atoms with Gasteiger partial charge in [0.1, 0.15) is 5.82 Å². The summed E-state index contributed by atoms with van der Waals surface area (Å²) in [5, 5.41) is 0. The largest absolute Gasteiger partial charge is 0.351 e. The number of carbonyl (C=O) groups is 1. The Morgan fingerprint density at radius 3 is 2.65 bits per heavy atom. The van der Waals surface area contributed by atoms with Gasteiger partial charge in [0, 0.05) is 32.7 Å². The zero-order chi connectivity index (χ0) is 14.4. The van der Waals surface area contributed by atoms with Crippen LogP contribution >= 0.6 is 0 Å². The Morgan fingerprint density at radius 2 is 1.95 bits per heavy atom. The number of hydrogen-bond acceptors (Lipinski definition) is 2. The molecule has 0 radical (unpaired) electrons. The van der Waals surface area contributed by atoms with Gasteiger partial charge in [0.25, 0.3) is 0 Å². The summed E-state index contributed by atoms with van der Waals surface area (Å²) in [6.45, 7) is 4.02. The summed E-state index contributed by atoms with van der Waals surface area (Å²) in [5.74, 6) is -0.221. The molecule has 0 aliphatic carbocycles. The van der Waals surface area contributed by atoms with Crippen molar-refractivity contribution in [2.45, 2.75) is 6.42 Å². The van der Waals surface area contributed by atoms with Crippen molar-refractivity contribution in [3.63, 3.8) is 0 Å². The van der Waals surface area contributed by atoms with Crippen LogP contribution in [0.25, 0.3) is 6.08 Å². The van der Waals surface area contributed by atoms with Gasteiger partial charge < -0.3 is 10.6 Å². The van der Waals surface area contributed by atoms with E-state index in [0.29, 0.717) is 6.54 Å². The van der Waals surface area contributed by atoms with Crippen LogP contribution in [-0.4, -0.2) is 48.6 Å². The molecular weight excluding hydrogens is 257 g/mol. The molecule has 0 aromatic heterocycles. The molecule has 5 heteroatoms. The smallest absolute Gasteiger partial charge is 0.314 e. The van der Waals surface area contributed by atoms with Crippen LogP contribution in [-0.2, 0) is 0 Å². The van der Waals surface area contributed by atoms with Crippen LogP contribution < -0.4 is 5.73 Å². The molecule has 1 saturated heterocycles. The van der Waals surface area contributed by atoms with E-state index < -0.39 is 0 Å². The summed E-state index contributed by atoms with van der Waals surface area (Å²) >= 11 is 0. The molecule has 1 aromatic rings. The van der Waals surface area contributed by atoms with Gasteiger partial charge in [0.05, 0.1) is 0 Å². The highest BCUT2D eigenvalue weighted by molar-refractivity contribution is 5.71. The highest BCUT2D eigenvalue weighted by atomic mass is 19.1. The quantitative estimate of drug-likeness (QED) is 0.917. The van der Waals surface area contributed by atoms with Crippen LogP contribution in [0.5, 0.6) is 0 Å². The van der Waals surface area contributed by atoms with Crippen LogP contribution in [0, 0.1) is 5.82 Å². The lowest BCUT2D eigenvalue weighted by Crippen LogP contribution is -2.38. The molecule has 20 heavy (non-hydrogen) atoms. The maximum Gasteiger partial charge on any atom is 0.314 e. The average molecular weight is 277 g/mol. The highest BCUT2D eigenvalue weighted by Crippen LogP contribution is 2.06. The zero-order valence-electron chi connectivity index (χ0n) is 11.5. The number of rotatable bonds is 3. The molecule has 2 rings (SSSR count). The molecule has 1 heterocycles. The van der Waals surface area contributed by atoms with E-state index in [0.717, 1.165) is 38.2 Å². The Labute approximate surface area is 118 Å². The average Bonchev–Trinajstić information content (AvgIpc) is 2.67. The van der Waals surface area contributed by atoms with Crippen molar-refractivity contribution in [1.82, 2.24) is 9.80 Å². The van der Waals surface area contributed by atoms with E-state index in [4.69, 9.17) is 5.73 Å². The molecular formula is C15H20FN3O. The Kier molecular flexibility index (Phi) is 5.12. The van der Waals surface area contributed by atoms with Gasteiger partial charge in [0.15, 0.2) is 0 Å². The molecule has 108 valence electrons. The molecule has 2 amide bonds. The Hall–Kier alpha value is -1.88. The van der Waals surface area contributed by atoms with Gasteiger partial charge in [-0.2, -0.15) is 0 Å². The van der Waals surface area contributed by atoms with Crippen molar-refractivity contribution in [2.24, 2.45) is 5.73 Å². The van der Waals surface area contributed by atoms with Crippen LogP contribution in [0.2, 0.25) is 0 Å². The fourth-order valence-electron chi connectivity index (χ4n) is 2.29. The number of hydrogen-bond donors (Lipinski definition) is 1. The lowest BCUT2D eigenvalue weighted by molar-refractivity contribution is 0.208. The highest BCUT2D eigenvalue weighted by Gasteiger charge is 2.15. The second kappa shape index (κ2) is 7.05. The first-order valence-electron chi connectivity index (χ1n) is 6.84. The molecule has 1 fully saturated rings. The molecule has 1 aromatic carbocycles. The molecule has 2 N–H and O–H groups in total. The van der Waals surface area contributed by atoms with Crippen molar-refractivity contribution in [3.8, 4) is 0 Å². The molecule has 0 saturated carbocycles. The van der Waals surface area contributed by atoms with E-state index >= 15 is 0 Å². The summed E-state index contributed by atoms with van der Waals surface area (Å²) in [5.41, 5.74) is 6.28. The second-order valence-electron chi connectivity index (χ2n) is 4.93. The van der Waals surface area contributed by atoms with Crippen molar-refractivity contribution >= 4 is 12.1 Å². The third-order valence-electron chi connectivity index (χ3n) is 3.44. The van der Waals surface area contributed by atoms with Gasteiger partial charge in [-0.25, -0.2) is 9.18 Å². The van der Waals surface area contributed by atoms with Gasteiger partial charge in [-0.05, 0) is 24.1 Å². The molecule has 0 unspecified atom stereocenters. The van der Waals surface area contributed by atoms with E-state index in [2.05, 4.69) is 11.0 Å². The Balaban J connectivity index is 1.82. The lowest BCUT2D eigenvalue weighted by atomic mass is 10.2. The third kappa shape index (κ3) is 4.35. The van der Waals surface area contributed by atoms with E-state index in [1.54, 1.807) is 17.0 Å². The summed E-state index contributed by atoms with van der Waals surface area (Å²) in [6.07, 6.45) is 4.98. The van der Waals surface area contributed by atoms with E-state index in [9.17, 15) is 9.18 Å². The first kappa shape index (κ1) is 14.5. The molecule has 1 aliphatic rings. The number of nitrogens with zero attached hydrogens (tertiary/aromatic N) is 2. The number of nitrogens with two attached hydrogens (primary N) is 1. The van der Waals surface area contributed by atoms with Crippen molar-refractivity contribution in [1.29, 1.82) is 0 Å². The van der Waals surface area contributed by atoms with E-state index in [1.807, 2.05) is 6.08 Å². The fourth-order valence-corrected chi connectivity index (χ4v) is 2.29. The lowest BCUT2D eigenvalue weighted by Gasteiger charge is -2.19. The van der Waals surface area contributed by atoms with Crippen molar-refractivity contribution in [2.75, 3.05) is 32.7 Å². The van der Waals surface area contributed by atoms with Crippen LogP contribution in [0.15, 0.2) is 30.3 Å². The zero-order valence-corrected chi connectivity index (χ0v) is 11.5. The minimum atomic E-state index is -0.339. The number of carbonyl (C=O) groups excluding carboxylic acids is 1. The van der Waals surface area contributed by atoms with Crippen molar-refractivity contribution < 1.29 is 9.18 Å². The maximum atomic E-state index is 12.8.